The third-order valence-electron chi connectivity index (χ3n) is 6.63. The Hall–Kier alpha value is -4.17. The van der Waals surface area contributed by atoms with Crippen molar-refractivity contribution >= 4 is 39.8 Å². The molecular formula is C31H30N4O3S. The molecule has 0 aliphatic carbocycles. The van der Waals surface area contributed by atoms with Crippen molar-refractivity contribution in [2.45, 2.75) is 33.1 Å². The van der Waals surface area contributed by atoms with Gasteiger partial charge in [0.2, 0.25) is 5.17 Å². The van der Waals surface area contributed by atoms with E-state index in [0.717, 1.165) is 28.9 Å². The quantitative estimate of drug-likeness (QED) is 0.244. The van der Waals surface area contributed by atoms with Crippen LogP contribution in [0.25, 0.3) is 6.08 Å². The van der Waals surface area contributed by atoms with E-state index < -0.39 is 5.91 Å². The van der Waals surface area contributed by atoms with E-state index in [9.17, 15) is 4.79 Å². The number of benzene rings is 3. The highest BCUT2D eigenvalue weighted by atomic mass is 32.2. The van der Waals surface area contributed by atoms with E-state index in [0.29, 0.717) is 35.1 Å². The van der Waals surface area contributed by atoms with Gasteiger partial charge in [-0.25, -0.2) is 0 Å². The Balaban J connectivity index is 1.17. The molecule has 3 aromatic carbocycles. The van der Waals surface area contributed by atoms with Gasteiger partial charge in [0.05, 0.1) is 5.57 Å². The Bertz CT molecular complexity index is 1460. The molecule has 0 aromatic heterocycles. The van der Waals surface area contributed by atoms with Crippen LogP contribution >= 0.6 is 11.8 Å². The van der Waals surface area contributed by atoms with Gasteiger partial charge in [0, 0.05) is 5.56 Å². The van der Waals surface area contributed by atoms with Crippen LogP contribution in [0.4, 0.5) is 0 Å². The summed E-state index contributed by atoms with van der Waals surface area (Å²) in [7, 11) is 0. The second kappa shape index (κ2) is 11.7. The van der Waals surface area contributed by atoms with E-state index in [-0.39, 0.29) is 11.4 Å². The lowest BCUT2D eigenvalue weighted by molar-refractivity contribution is -0.114. The largest absolute Gasteiger partial charge is 0.490 e. The number of nitrogens with one attached hydrogen (secondary N) is 1. The summed E-state index contributed by atoms with van der Waals surface area (Å²) in [5.74, 6) is 1.62. The van der Waals surface area contributed by atoms with Crippen LogP contribution in [0, 0.1) is 12.3 Å². The fourth-order valence-electron chi connectivity index (χ4n) is 4.08. The van der Waals surface area contributed by atoms with Crippen molar-refractivity contribution in [2.24, 2.45) is 10.1 Å². The SMILES string of the molecule is CC[C@H](C)c1ccc(OCCOc2ccc(/C=C3\C(=N)N4N=C(c5ccc(C)cc5)SC4=NC3=O)cc2)cc1. The molecular weight excluding hydrogens is 508 g/mol. The molecule has 0 fully saturated rings. The number of hydrazone groups is 1. The topological polar surface area (TPSA) is 87.3 Å². The van der Waals surface area contributed by atoms with Gasteiger partial charge in [0.15, 0.2) is 5.84 Å². The molecule has 0 saturated heterocycles. The highest BCUT2D eigenvalue weighted by Crippen LogP contribution is 2.31. The lowest BCUT2D eigenvalue weighted by Gasteiger charge is -2.20. The van der Waals surface area contributed by atoms with Crippen LogP contribution in [0.5, 0.6) is 11.5 Å². The monoisotopic (exact) mass is 538 g/mol. The van der Waals surface area contributed by atoms with Crippen LogP contribution < -0.4 is 9.47 Å². The highest BCUT2D eigenvalue weighted by molar-refractivity contribution is 8.27. The van der Waals surface area contributed by atoms with Crippen molar-refractivity contribution < 1.29 is 14.3 Å². The smallest absolute Gasteiger partial charge is 0.283 e. The number of thioether (sulfide) groups is 1. The number of aryl methyl sites for hydroxylation is 1. The standard InChI is InChI=1S/C31H30N4O3S/c1-4-21(3)23-11-15-26(16-12-23)38-18-17-37-25-13-7-22(8-14-25)19-27-28(32)35-31(33-29(27)36)39-30(34-35)24-9-5-20(2)6-10-24/h5-16,19,21,32H,4,17-18H2,1-3H3/b27-19+,32-28?/t21-/m0/s1. The molecule has 1 N–H and O–H groups in total. The number of fused-ring (bicyclic) bond motifs is 1. The van der Waals surface area contributed by atoms with Crippen LogP contribution in [-0.2, 0) is 4.79 Å². The van der Waals surface area contributed by atoms with Gasteiger partial charge in [-0.15, -0.1) is 0 Å². The van der Waals surface area contributed by atoms with Crippen molar-refractivity contribution in [2.75, 3.05) is 13.2 Å². The van der Waals surface area contributed by atoms with Crippen LogP contribution in [0.3, 0.4) is 0 Å². The Labute approximate surface area is 232 Å². The van der Waals surface area contributed by atoms with Gasteiger partial charge in [-0.2, -0.15) is 15.1 Å². The fourth-order valence-corrected chi connectivity index (χ4v) is 4.98. The number of amides is 1. The van der Waals surface area contributed by atoms with Crippen LogP contribution in [-0.4, -0.2) is 40.2 Å². The summed E-state index contributed by atoms with van der Waals surface area (Å²) in [5.41, 5.74) is 4.34. The van der Waals surface area contributed by atoms with Gasteiger partial charge in [-0.3, -0.25) is 10.2 Å². The number of rotatable bonds is 9. The van der Waals surface area contributed by atoms with Crippen LogP contribution in [0.2, 0.25) is 0 Å². The molecule has 0 unspecified atom stereocenters. The first-order valence-corrected chi connectivity index (χ1v) is 13.8. The van der Waals surface area contributed by atoms with E-state index in [1.165, 1.54) is 22.3 Å². The van der Waals surface area contributed by atoms with Gasteiger partial charge in [-0.1, -0.05) is 67.9 Å². The molecule has 2 aliphatic heterocycles. The van der Waals surface area contributed by atoms with Crippen LogP contribution in [0.1, 0.15) is 48.4 Å². The number of amidine groups is 2. The number of aliphatic imine (C=N–C) groups is 1. The summed E-state index contributed by atoms with van der Waals surface area (Å²) in [6.07, 6.45) is 2.77. The van der Waals surface area contributed by atoms with E-state index >= 15 is 0 Å². The van der Waals surface area contributed by atoms with Crippen molar-refractivity contribution in [3.63, 3.8) is 0 Å². The second-order valence-corrected chi connectivity index (χ2v) is 10.4. The maximum atomic E-state index is 12.7. The number of hydrogen-bond donors (Lipinski definition) is 1. The summed E-state index contributed by atoms with van der Waals surface area (Å²) in [6.45, 7) is 7.26. The third kappa shape index (κ3) is 6.12. The first-order valence-electron chi connectivity index (χ1n) is 12.9. The molecule has 39 heavy (non-hydrogen) atoms. The van der Waals surface area contributed by atoms with Crippen molar-refractivity contribution in [1.29, 1.82) is 5.41 Å². The Kier molecular flexibility index (Phi) is 7.93. The molecule has 3 aromatic rings. The van der Waals surface area contributed by atoms with Gasteiger partial charge in [0.25, 0.3) is 5.91 Å². The van der Waals surface area contributed by atoms with E-state index in [2.05, 4.69) is 36.1 Å². The zero-order chi connectivity index (χ0) is 27.4. The Morgan fingerprint density at radius 3 is 2.18 bits per heavy atom. The molecule has 8 heteroatoms. The lowest BCUT2D eigenvalue weighted by atomic mass is 9.99. The van der Waals surface area contributed by atoms with Crippen LogP contribution in [0.15, 0.2) is 88.5 Å². The number of carbonyl (C=O) groups excluding carboxylic acids is 1. The minimum Gasteiger partial charge on any atom is -0.490 e. The third-order valence-corrected chi connectivity index (χ3v) is 7.58. The van der Waals surface area contributed by atoms with Gasteiger partial charge in [-0.05, 0) is 72.5 Å². The molecule has 0 bridgehead atoms. The molecule has 5 rings (SSSR count). The molecule has 1 atom stereocenters. The normalized spacial score (nSPS) is 16.6. The molecule has 0 saturated carbocycles. The highest BCUT2D eigenvalue weighted by Gasteiger charge is 2.36. The van der Waals surface area contributed by atoms with Crippen molar-refractivity contribution in [3.05, 3.63) is 101 Å². The number of carbonyl (C=O) groups is 1. The summed E-state index contributed by atoms with van der Waals surface area (Å²) < 4.78 is 11.6. The van der Waals surface area contributed by atoms with Gasteiger partial charge in [0.1, 0.15) is 29.8 Å². The second-order valence-electron chi connectivity index (χ2n) is 9.44. The van der Waals surface area contributed by atoms with E-state index in [1.807, 2.05) is 67.6 Å². The van der Waals surface area contributed by atoms with Crippen molar-refractivity contribution in [1.82, 2.24) is 5.01 Å². The van der Waals surface area contributed by atoms with E-state index in [4.69, 9.17) is 14.9 Å². The van der Waals surface area contributed by atoms with Gasteiger partial charge >= 0.3 is 0 Å². The number of nitrogens with zero attached hydrogens (tertiary/aromatic N) is 3. The molecule has 1 amide bonds. The zero-order valence-electron chi connectivity index (χ0n) is 22.2. The predicted octanol–water partition coefficient (Wildman–Crippen LogP) is 6.63. The Morgan fingerprint density at radius 1 is 0.949 bits per heavy atom. The zero-order valence-corrected chi connectivity index (χ0v) is 23.0. The van der Waals surface area contributed by atoms with Crippen molar-refractivity contribution in [3.8, 4) is 11.5 Å². The summed E-state index contributed by atoms with van der Waals surface area (Å²) in [4.78, 5) is 16.9. The minimum absolute atomic E-state index is 0.00858. The molecule has 2 heterocycles. The summed E-state index contributed by atoms with van der Waals surface area (Å²) >= 11 is 1.29. The summed E-state index contributed by atoms with van der Waals surface area (Å²) in [5, 5.41) is 15.7. The first kappa shape index (κ1) is 26.4. The maximum Gasteiger partial charge on any atom is 0.283 e. The number of hydrogen-bond acceptors (Lipinski definition) is 6. The van der Waals surface area contributed by atoms with Gasteiger partial charge < -0.3 is 9.47 Å². The summed E-state index contributed by atoms with van der Waals surface area (Å²) in [6, 6.07) is 23.5. The maximum absolute atomic E-state index is 12.7. The fraction of sp³-hybridized carbons (Fsp3) is 0.226. The molecule has 198 valence electrons. The number of ether oxygens (including phenoxy) is 2. The molecule has 0 spiro atoms. The lowest BCUT2D eigenvalue weighted by Crippen LogP contribution is -2.35. The average Bonchev–Trinajstić information content (AvgIpc) is 3.38. The Morgan fingerprint density at radius 2 is 1.56 bits per heavy atom. The van der Waals surface area contributed by atoms with E-state index in [1.54, 1.807) is 6.08 Å². The minimum atomic E-state index is -0.450. The molecule has 2 aliphatic rings. The molecule has 7 nitrogen and oxygen atoms in total. The average molecular weight is 539 g/mol. The molecule has 0 radical (unpaired) electrons. The predicted molar refractivity (Wildman–Crippen MR) is 158 cm³/mol. The first-order chi connectivity index (χ1) is 18.9.